The molecule has 0 saturated carbocycles. The highest BCUT2D eigenvalue weighted by molar-refractivity contribution is 9.10. The molecule has 19 heavy (non-hydrogen) atoms. The Bertz CT molecular complexity index is 540. The highest BCUT2D eigenvalue weighted by Crippen LogP contribution is 2.20. The zero-order valence-corrected chi connectivity index (χ0v) is 13.2. The highest BCUT2D eigenvalue weighted by atomic mass is 79.9. The maximum absolute atomic E-state index is 12.9. The lowest BCUT2D eigenvalue weighted by atomic mass is 10.2. The number of halogens is 4. The molecule has 1 rings (SSSR count). The highest BCUT2D eigenvalue weighted by Gasteiger charge is 2.29. The average molecular weight is 380 g/mol. The van der Waals surface area contributed by atoms with Crippen LogP contribution in [0.5, 0.6) is 0 Å². The molecule has 0 aliphatic heterocycles. The van der Waals surface area contributed by atoms with Crippen LogP contribution in [-0.4, -0.2) is 27.4 Å². The number of nitrogens with one attached hydrogen (secondary N) is 1. The summed E-state index contributed by atoms with van der Waals surface area (Å²) in [4.78, 5) is -0.0291. The number of benzene rings is 1. The predicted molar refractivity (Wildman–Crippen MR) is 75.3 cm³/mol. The van der Waals surface area contributed by atoms with Crippen molar-refractivity contribution in [3.8, 4) is 0 Å². The third-order valence-corrected chi connectivity index (χ3v) is 4.30. The molecule has 1 aromatic rings. The maximum atomic E-state index is 12.9. The summed E-state index contributed by atoms with van der Waals surface area (Å²) in [5.74, 6) is -3.25. The summed E-state index contributed by atoms with van der Waals surface area (Å²) in [7, 11) is -3.96. The fourth-order valence-electron chi connectivity index (χ4n) is 1.26. The molecule has 0 radical (unpaired) electrons. The smallest absolute Gasteiger partial charge is 0.273 e. The van der Waals surface area contributed by atoms with Crippen LogP contribution in [0.3, 0.4) is 0 Å². The molecule has 0 aromatic heterocycles. The number of nitrogens with two attached hydrogens (primary N) is 1. The van der Waals surface area contributed by atoms with Gasteiger partial charge in [0.05, 0.1) is 18.0 Å². The lowest BCUT2D eigenvalue weighted by molar-refractivity contribution is 0.0170. The van der Waals surface area contributed by atoms with Gasteiger partial charge in [0.1, 0.15) is 0 Å². The Balaban J connectivity index is 0.00000324. The van der Waals surface area contributed by atoms with E-state index in [1.807, 2.05) is 4.72 Å². The van der Waals surface area contributed by atoms with E-state index in [0.717, 1.165) is 0 Å². The predicted octanol–water partition coefficient (Wildman–Crippen LogP) is 2.05. The van der Waals surface area contributed by atoms with Gasteiger partial charge in [-0.1, -0.05) is 15.9 Å². The van der Waals surface area contributed by atoms with Crippen LogP contribution in [0.1, 0.15) is 5.56 Å². The van der Waals surface area contributed by atoms with Crippen LogP contribution in [-0.2, 0) is 10.0 Å². The van der Waals surface area contributed by atoms with Gasteiger partial charge >= 0.3 is 0 Å². The van der Waals surface area contributed by atoms with Gasteiger partial charge in [-0.05, 0) is 30.7 Å². The summed E-state index contributed by atoms with van der Waals surface area (Å²) in [6.07, 6.45) is 0. The summed E-state index contributed by atoms with van der Waals surface area (Å²) < 4.78 is 52.0. The molecule has 0 fully saturated rings. The maximum Gasteiger partial charge on any atom is 0.273 e. The Labute approximate surface area is 125 Å². The van der Waals surface area contributed by atoms with Crippen molar-refractivity contribution in [3.63, 3.8) is 0 Å². The number of aryl methyl sites for hydroxylation is 1. The molecular weight excluding hydrogens is 366 g/mol. The third-order valence-electron chi connectivity index (χ3n) is 2.25. The minimum atomic E-state index is -3.96. The molecule has 0 amide bonds. The summed E-state index contributed by atoms with van der Waals surface area (Å²) in [6.45, 7) is -0.337. The van der Waals surface area contributed by atoms with Crippen molar-refractivity contribution in [2.75, 3.05) is 13.1 Å². The second kappa shape index (κ2) is 6.94. The van der Waals surface area contributed by atoms with Gasteiger partial charge in [0.15, 0.2) is 0 Å². The van der Waals surface area contributed by atoms with Crippen molar-refractivity contribution in [3.05, 3.63) is 28.2 Å². The fraction of sp³-hybridized carbons (Fsp3) is 0.400. The van der Waals surface area contributed by atoms with Crippen LogP contribution in [0.2, 0.25) is 0 Å². The first-order valence-corrected chi connectivity index (χ1v) is 7.29. The largest absolute Gasteiger partial charge is 0.325 e. The molecule has 1 aromatic carbocycles. The molecule has 110 valence electrons. The number of sulfonamides is 1. The van der Waals surface area contributed by atoms with E-state index in [9.17, 15) is 17.2 Å². The molecule has 0 atom stereocenters. The fourth-order valence-corrected chi connectivity index (χ4v) is 3.03. The zero-order valence-electron chi connectivity index (χ0n) is 9.99. The molecule has 0 unspecified atom stereocenters. The standard InChI is InChI=1S/C10H13BrF2N2O2S.ClH/c1-7-4-8(11)2-3-9(7)18(16,17)15-6-10(12,13)5-14;/h2-4,15H,5-6,14H2,1H3;1H. The minimum absolute atomic E-state index is 0. The monoisotopic (exact) mass is 378 g/mol. The Hall–Kier alpha value is -0.280. The van der Waals surface area contributed by atoms with Gasteiger partial charge in [0.2, 0.25) is 10.0 Å². The van der Waals surface area contributed by atoms with Crippen LogP contribution in [0.25, 0.3) is 0 Å². The van der Waals surface area contributed by atoms with E-state index in [1.165, 1.54) is 12.1 Å². The SMILES string of the molecule is Cc1cc(Br)ccc1S(=O)(=O)NCC(F)(F)CN.Cl. The molecule has 0 bridgehead atoms. The summed E-state index contributed by atoms with van der Waals surface area (Å²) >= 11 is 3.19. The molecule has 3 N–H and O–H groups in total. The van der Waals surface area contributed by atoms with Crippen molar-refractivity contribution >= 4 is 38.4 Å². The van der Waals surface area contributed by atoms with Crippen LogP contribution in [0, 0.1) is 6.92 Å². The van der Waals surface area contributed by atoms with Gasteiger partial charge in [-0.25, -0.2) is 21.9 Å². The van der Waals surface area contributed by atoms with E-state index in [1.54, 1.807) is 13.0 Å². The lowest BCUT2D eigenvalue weighted by Crippen LogP contribution is -2.41. The molecule has 0 saturated heterocycles. The molecule has 9 heteroatoms. The van der Waals surface area contributed by atoms with E-state index in [-0.39, 0.29) is 17.3 Å². The van der Waals surface area contributed by atoms with Gasteiger partial charge in [-0.15, -0.1) is 12.4 Å². The van der Waals surface area contributed by atoms with E-state index in [0.29, 0.717) is 10.0 Å². The van der Waals surface area contributed by atoms with E-state index >= 15 is 0 Å². The van der Waals surface area contributed by atoms with Crippen LogP contribution >= 0.6 is 28.3 Å². The van der Waals surface area contributed by atoms with Crippen LogP contribution in [0.15, 0.2) is 27.6 Å². The van der Waals surface area contributed by atoms with Gasteiger partial charge in [-0.2, -0.15) is 0 Å². The van der Waals surface area contributed by atoms with Gasteiger partial charge in [-0.3, -0.25) is 0 Å². The van der Waals surface area contributed by atoms with Gasteiger partial charge < -0.3 is 5.73 Å². The molecular formula is C10H14BrClF2N2O2S. The second-order valence-corrected chi connectivity index (χ2v) is 6.45. The van der Waals surface area contributed by atoms with Crippen molar-refractivity contribution < 1.29 is 17.2 Å². The van der Waals surface area contributed by atoms with Gasteiger partial charge in [0.25, 0.3) is 5.92 Å². The zero-order chi connectivity index (χ0) is 14.0. The Morgan fingerprint density at radius 3 is 2.47 bits per heavy atom. The average Bonchev–Trinajstić information content (AvgIpc) is 2.26. The van der Waals surface area contributed by atoms with E-state index < -0.39 is 29.0 Å². The second-order valence-electron chi connectivity index (χ2n) is 3.79. The van der Waals surface area contributed by atoms with Crippen molar-refractivity contribution in [1.82, 2.24) is 4.72 Å². The quantitative estimate of drug-likeness (QED) is 0.822. The molecule has 4 nitrogen and oxygen atoms in total. The van der Waals surface area contributed by atoms with Crippen molar-refractivity contribution in [2.45, 2.75) is 17.7 Å². The number of alkyl halides is 2. The number of hydrogen-bond donors (Lipinski definition) is 2. The molecule has 0 spiro atoms. The first-order chi connectivity index (χ1) is 8.18. The summed E-state index contributed by atoms with van der Waals surface area (Å²) in [6, 6.07) is 4.47. The Kier molecular flexibility index (Phi) is 6.84. The van der Waals surface area contributed by atoms with Gasteiger partial charge in [0, 0.05) is 4.47 Å². The summed E-state index contributed by atoms with van der Waals surface area (Å²) in [5, 5.41) is 0. The Morgan fingerprint density at radius 2 is 2.00 bits per heavy atom. The molecule has 0 aliphatic rings. The third kappa shape index (κ3) is 5.31. The van der Waals surface area contributed by atoms with Crippen LogP contribution in [0.4, 0.5) is 8.78 Å². The first-order valence-electron chi connectivity index (χ1n) is 5.02. The van der Waals surface area contributed by atoms with E-state index in [2.05, 4.69) is 15.9 Å². The van der Waals surface area contributed by atoms with Crippen molar-refractivity contribution in [1.29, 1.82) is 0 Å². The van der Waals surface area contributed by atoms with Crippen LogP contribution < -0.4 is 10.5 Å². The normalized spacial score (nSPS) is 12.1. The minimum Gasteiger partial charge on any atom is -0.325 e. The topological polar surface area (TPSA) is 72.2 Å². The number of rotatable bonds is 5. The first kappa shape index (κ1) is 18.7. The number of hydrogen-bond acceptors (Lipinski definition) is 3. The molecule has 0 aliphatic carbocycles. The summed E-state index contributed by atoms with van der Waals surface area (Å²) in [5.41, 5.74) is 5.30. The van der Waals surface area contributed by atoms with Crippen molar-refractivity contribution in [2.24, 2.45) is 5.73 Å². The molecule has 0 heterocycles. The van der Waals surface area contributed by atoms with E-state index in [4.69, 9.17) is 5.73 Å². The lowest BCUT2D eigenvalue weighted by Gasteiger charge is -2.15. The Morgan fingerprint density at radius 1 is 1.42 bits per heavy atom.